The quantitative estimate of drug-likeness (QED) is 0.341. The molecule has 4 heteroatoms. The Morgan fingerprint density at radius 1 is 0.600 bits per heavy atom. The molecule has 0 nitrogen and oxygen atoms in total. The first-order valence-corrected chi connectivity index (χ1v) is 0. The predicted octanol–water partition coefficient (Wildman–Crippen LogP) is -8.35. The molecule has 0 amide bonds. The summed E-state index contributed by atoms with van der Waals surface area (Å²) in [6, 6.07) is 0. The minimum Gasteiger partial charge on any atom is -1.00 e. The molecule has 0 atom stereocenters. The van der Waals surface area contributed by atoms with Gasteiger partial charge in [0.25, 0.3) is 0 Å². The van der Waals surface area contributed by atoms with E-state index in [-0.39, 0.29) is 63.2 Å². The van der Waals surface area contributed by atoms with E-state index in [9.17, 15) is 0 Å². The molecule has 0 aromatic heterocycles. The van der Waals surface area contributed by atoms with Gasteiger partial charge in [0.2, 0.25) is 0 Å². The molecule has 0 aliphatic rings. The van der Waals surface area contributed by atoms with Crippen molar-refractivity contribution in [2.24, 2.45) is 0 Å². The van der Waals surface area contributed by atoms with Crippen molar-refractivity contribution in [2.75, 3.05) is 0 Å². The molecule has 0 rings (SSSR count). The molecular formula is CH4Cl3V-3. The Labute approximate surface area is 63.2 Å². The Kier molecular flexibility index (Phi) is 929. The van der Waals surface area contributed by atoms with Gasteiger partial charge in [-0.2, -0.15) is 0 Å². The maximum atomic E-state index is 0. The molecule has 1 radical (unpaired) electrons. The fourth-order valence-corrected chi connectivity index (χ4v) is 0. The Balaban J connectivity index is 0. The summed E-state index contributed by atoms with van der Waals surface area (Å²) in [6.07, 6.45) is 0. The molecule has 0 N–H and O–H groups in total. The standard InChI is InChI=1S/CH4.3ClH.V/h1H4;3*1H;/p-3. The minimum atomic E-state index is 0. The third kappa shape index (κ3) is 30.8. The van der Waals surface area contributed by atoms with Crippen LogP contribution in [0.5, 0.6) is 0 Å². The summed E-state index contributed by atoms with van der Waals surface area (Å²) in [6.45, 7) is 0. The smallest absolute Gasteiger partial charge is 0 e. The van der Waals surface area contributed by atoms with Crippen molar-refractivity contribution in [1.29, 1.82) is 0 Å². The van der Waals surface area contributed by atoms with E-state index in [2.05, 4.69) is 0 Å². The second-order valence-corrected chi connectivity index (χ2v) is 0. The minimum absolute atomic E-state index is 0. The van der Waals surface area contributed by atoms with Gasteiger partial charge in [0, 0.05) is 18.6 Å². The summed E-state index contributed by atoms with van der Waals surface area (Å²) in [7, 11) is 0. The first kappa shape index (κ1) is 90.8. The van der Waals surface area contributed by atoms with Gasteiger partial charge >= 0.3 is 0 Å². The molecule has 0 bridgehead atoms. The number of hydrogen-bond donors (Lipinski definition) is 0. The summed E-state index contributed by atoms with van der Waals surface area (Å²) in [5.74, 6) is 0. The summed E-state index contributed by atoms with van der Waals surface area (Å²) >= 11 is 0. The molecule has 0 aromatic rings. The van der Waals surface area contributed by atoms with E-state index in [1.54, 1.807) is 0 Å². The fourth-order valence-electron chi connectivity index (χ4n) is 0. The molecule has 5 heavy (non-hydrogen) atoms. The van der Waals surface area contributed by atoms with E-state index in [1.807, 2.05) is 0 Å². The fraction of sp³-hybridized carbons (Fsp3) is 1.00. The predicted molar refractivity (Wildman–Crippen MR) is 6.73 cm³/mol. The third-order valence-electron chi connectivity index (χ3n) is 0. The van der Waals surface area contributed by atoms with Crippen LogP contribution in [0.4, 0.5) is 0 Å². The molecule has 0 spiro atoms. The molecule has 0 unspecified atom stereocenters. The maximum Gasteiger partial charge on any atom is 0 e. The summed E-state index contributed by atoms with van der Waals surface area (Å²) in [4.78, 5) is 0. The third-order valence-corrected chi connectivity index (χ3v) is 0. The molecule has 37 valence electrons. The Morgan fingerprint density at radius 2 is 0.600 bits per heavy atom. The van der Waals surface area contributed by atoms with Crippen molar-refractivity contribution in [2.45, 2.75) is 7.43 Å². The van der Waals surface area contributed by atoms with Crippen LogP contribution in [-0.2, 0) is 18.6 Å². The average molecular weight is 173 g/mol. The number of hydrogen-bond acceptors (Lipinski definition) is 0. The van der Waals surface area contributed by atoms with Crippen LogP contribution < -0.4 is 37.2 Å². The number of rotatable bonds is 0. The zero-order valence-electron chi connectivity index (χ0n) is 1.58. The first-order chi connectivity index (χ1) is 0. The zero-order chi connectivity index (χ0) is 0. The van der Waals surface area contributed by atoms with Crippen molar-refractivity contribution in [3.63, 3.8) is 0 Å². The second kappa shape index (κ2) is 51.2. The maximum absolute atomic E-state index is 0. The largest absolute Gasteiger partial charge is 1.00 e. The molecule has 0 saturated carbocycles. The van der Waals surface area contributed by atoms with Crippen molar-refractivity contribution < 1.29 is 55.8 Å². The van der Waals surface area contributed by atoms with E-state index in [1.165, 1.54) is 0 Å². The van der Waals surface area contributed by atoms with Gasteiger partial charge in [-0.15, -0.1) is 0 Å². The van der Waals surface area contributed by atoms with Crippen LogP contribution >= 0.6 is 0 Å². The SMILES string of the molecule is C.[Cl-].[Cl-].[Cl-].[V]. The van der Waals surface area contributed by atoms with E-state index in [4.69, 9.17) is 0 Å². The zero-order valence-corrected chi connectivity index (χ0v) is 5.25. The summed E-state index contributed by atoms with van der Waals surface area (Å²) in [5.41, 5.74) is 0. The molecule has 0 aliphatic carbocycles. The molecular weight excluding hydrogens is 169 g/mol. The van der Waals surface area contributed by atoms with E-state index in [0.717, 1.165) is 0 Å². The summed E-state index contributed by atoms with van der Waals surface area (Å²) in [5, 5.41) is 0. The molecule has 0 fully saturated rings. The van der Waals surface area contributed by atoms with Crippen LogP contribution in [-0.4, -0.2) is 0 Å². The topological polar surface area (TPSA) is 0 Å². The monoisotopic (exact) mass is 172 g/mol. The Hall–Kier alpha value is 1.45. The summed E-state index contributed by atoms with van der Waals surface area (Å²) < 4.78 is 0. The van der Waals surface area contributed by atoms with Crippen LogP contribution in [0.2, 0.25) is 0 Å². The molecule has 0 aromatic carbocycles. The molecule has 0 heterocycles. The van der Waals surface area contributed by atoms with Crippen LogP contribution in [0, 0.1) is 0 Å². The van der Waals surface area contributed by atoms with Crippen LogP contribution in [0.25, 0.3) is 0 Å². The second-order valence-electron chi connectivity index (χ2n) is 0. The van der Waals surface area contributed by atoms with Gasteiger partial charge in [-0.1, -0.05) is 7.43 Å². The normalized spacial score (nSPS) is 0. The van der Waals surface area contributed by atoms with Crippen molar-refractivity contribution in [3.8, 4) is 0 Å². The van der Waals surface area contributed by atoms with E-state index < -0.39 is 0 Å². The van der Waals surface area contributed by atoms with Crippen LogP contribution in [0.1, 0.15) is 7.43 Å². The Morgan fingerprint density at radius 3 is 0.600 bits per heavy atom. The van der Waals surface area contributed by atoms with Gasteiger partial charge in [-0.05, 0) is 0 Å². The van der Waals surface area contributed by atoms with Crippen LogP contribution in [0.15, 0.2) is 0 Å². The van der Waals surface area contributed by atoms with Gasteiger partial charge in [-0.3, -0.25) is 0 Å². The van der Waals surface area contributed by atoms with Crippen molar-refractivity contribution in [3.05, 3.63) is 0 Å². The van der Waals surface area contributed by atoms with Crippen molar-refractivity contribution in [1.82, 2.24) is 0 Å². The van der Waals surface area contributed by atoms with Gasteiger partial charge in [-0.25, -0.2) is 0 Å². The number of halogens is 3. The van der Waals surface area contributed by atoms with E-state index >= 15 is 0 Å². The van der Waals surface area contributed by atoms with E-state index in [0.29, 0.717) is 0 Å². The first-order valence-electron chi connectivity index (χ1n) is 0. The van der Waals surface area contributed by atoms with Gasteiger partial charge in [0.05, 0.1) is 0 Å². The average Bonchev–Trinajstić information content (AvgIpc) is 0. The Bertz CT molecular complexity index is 6.85. The van der Waals surface area contributed by atoms with Gasteiger partial charge in [0.1, 0.15) is 0 Å². The van der Waals surface area contributed by atoms with Gasteiger partial charge in [0.15, 0.2) is 0 Å². The van der Waals surface area contributed by atoms with Crippen molar-refractivity contribution >= 4 is 0 Å². The molecule has 0 aliphatic heterocycles. The molecule has 0 saturated heterocycles. The van der Waals surface area contributed by atoms with Crippen LogP contribution in [0.3, 0.4) is 0 Å². The van der Waals surface area contributed by atoms with Gasteiger partial charge < -0.3 is 37.2 Å².